The first-order chi connectivity index (χ1) is 9.67. The number of hydrogen-bond acceptors (Lipinski definition) is 3. The SMILES string of the molecule is CNC(CN1CC(C)CC1=O)c1cc2ccccc2o1. The van der Waals surface area contributed by atoms with Crippen LogP contribution in [-0.4, -0.2) is 30.9 Å². The number of hydrogen-bond donors (Lipinski definition) is 1. The number of nitrogens with one attached hydrogen (secondary N) is 1. The minimum atomic E-state index is 0.0386. The Morgan fingerprint density at radius 2 is 2.25 bits per heavy atom. The molecule has 1 saturated heterocycles. The Kier molecular flexibility index (Phi) is 3.49. The molecule has 1 fully saturated rings. The largest absolute Gasteiger partial charge is 0.459 e. The topological polar surface area (TPSA) is 45.5 Å². The minimum absolute atomic E-state index is 0.0386. The zero-order valence-corrected chi connectivity index (χ0v) is 11.9. The maximum Gasteiger partial charge on any atom is 0.222 e. The van der Waals surface area contributed by atoms with Crippen LogP contribution in [-0.2, 0) is 4.79 Å². The van der Waals surface area contributed by atoms with Crippen LogP contribution in [0.3, 0.4) is 0 Å². The summed E-state index contributed by atoms with van der Waals surface area (Å²) in [5.41, 5.74) is 0.892. The van der Waals surface area contributed by atoms with Crippen molar-refractivity contribution in [1.82, 2.24) is 10.2 Å². The van der Waals surface area contributed by atoms with Gasteiger partial charge in [-0.3, -0.25) is 4.79 Å². The summed E-state index contributed by atoms with van der Waals surface area (Å²) in [6, 6.07) is 10.1. The summed E-state index contributed by atoms with van der Waals surface area (Å²) < 4.78 is 5.89. The number of nitrogens with zero attached hydrogens (tertiary/aromatic N) is 1. The molecule has 0 saturated carbocycles. The highest BCUT2D eigenvalue weighted by molar-refractivity contribution is 5.79. The lowest BCUT2D eigenvalue weighted by Crippen LogP contribution is -2.34. The fraction of sp³-hybridized carbons (Fsp3) is 0.438. The van der Waals surface area contributed by atoms with E-state index >= 15 is 0 Å². The number of likely N-dealkylation sites (tertiary alicyclic amines) is 1. The molecule has 2 heterocycles. The molecule has 0 radical (unpaired) electrons. The summed E-state index contributed by atoms with van der Waals surface area (Å²) in [5.74, 6) is 1.59. The molecule has 0 bridgehead atoms. The second kappa shape index (κ2) is 5.29. The van der Waals surface area contributed by atoms with Crippen molar-refractivity contribution in [1.29, 1.82) is 0 Å². The van der Waals surface area contributed by atoms with Crippen LogP contribution in [0.2, 0.25) is 0 Å². The van der Waals surface area contributed by atoms with Gasteiger partial charge >= 0.3 is 0 Å². The normalized spacial score (nSPS) is 20.8. The molecule has 106 valence electrons. The highest BCUT2D eigenvalue weighted by Crippen LogP contribution is 2.26. The standard InChI is InChI=1S/C16H20N2O2/c1-11-7-16(19)18(9-11)10-13(17-2)15-8-12-5-3-4-6-14(12)20-15/h3-6,8,11,13,17H,7,9-10H2,1-2H3. The molecular weight excluding hydrogens is 252 g/mol. The lowest BCUT2D eigenvalue weighted by molar-refractivity contribution is -0.128. The fourth-order valence-electron chi connectivity index (χ4n) is 2.86. The molecule has 1 aromatic carbocycles. The van der Waals surface area contributed by atoms with Gasteiger partial charge in [0.1, 0.15) is 11.3 Å². The first-order valence-electron chi connectivity index (χ1n) is 7.11. The van der Waals surface area contributed by atoms with Gasteiger partial charge in [0.05, 0.1) is 6.04 Å². The number of rotatable bonds is 4. The highest BCUT2D eigenvalue weighted by Gasteiger charge is 2.29. The number of fused-ring (bicyclic) bond motifs is 1. The average molecular weight is 272 g/mol. The van der Waals surface area contributed by atoms with Crippen molar-refractivity contribution in [3.05, 3.63) is 36.1 Å². The maximum atomic E-state index is 11.9. The molecule has 1 aromatic heterocycles. The molecule has 4 nitrogen and oxygen atoms in total. The van der Waals surface area contributed by atoms with Crippen LogP contribution in [0.4, 0.5) is 0 Å². The molecule has 2 unspecified atom stereocenters. The van der Waals surface area contributed by atoms with E-state index in [1.165, 1.54) is 0 Å². The Hall–Kier alpha value is -1.81. The molecule has 1 aliphatic rings. The van der Waals surface area contributed by atoms with Crippen LogP contribution < -0.4 is 5.32 Å². The number of benzene rings is 1. The molecule has 1 N–H and O–H groups in total. The molecule has 1 aliphatic heterocycles. The van der Waals surface area contributed by atoms with E-state index in [1.54, 1.807) is 0 Å². The molecule has 1 amide bonds. The fourth-order valence-corrected chi connectivity index (χ4v) is 2.86. The zero-order valence-electron chi connectivity index (χ0n) is 11.9. The van der Waals surface area contributed by atoms with Crippen LogP contribution in [0.5, 0.6) is 0 Å². The first-order valence-corrected chi connectivity index (χ1v) is 7.11. The summed E-state index contributed by atoms with van der Waals surface area (Å²) in [6.45, 7) is 3.63. The molecular formula is C16H20N2O2. The predicted molar refractivity (Wildman–Crippen MR) is 78.4 cm³/mol. The van der Waals surface area contributed by atoms with Crippen LogP contribution in [0, 0.1) is 5.92 Å². The van der Waals surface area contributed by atoms with Crippen molar-refractivity contribution in [2.75, 3.05) is 20.1 Å². The molecule has 3 rings (SSSR count). The Bertz CT molecular complexity index is 587. The highest BCUT2D eigenvalue weighted by atomic mass is 16.3. The van der Waals surface area contributed by atoms with Crippen molar-refractivity contribution in [3.8, 4) is 0 Å². The number of amides is 1. The van der Waals surface area contributed by atoms with Gasteiger partial charge in [-0.25, -0.2) is 0 Å². The minimum Gasteiger partial charge on any atom is -0.459 e. The molecule has 0 spiro atoms. The van der Waals surface area contributed by atoms with Gasteiger partial charge in [-0.15, -0.1) is 0 Å². The van der Waals surface area contributed by atoms with Gasteiger partial charge in [-0.2, -0.15) is 0 Å². The monoisotopic (exact) mass is 272 g/mol. The van der Waals surface area contributed by atoms with Crippen molar-refractivity contribution in [2.45, 2.75) is 19.4 Å². The van der Waals surface area contributed by atoms with Gasteiger partial charge in [-0.05, 0) is 25.1 Å². The van der Waals surface area contributed by atoms with E-state index in [0.717, 1.165) is 23.3 Å². The van der Waals surface area contributed by atoms with E-state index in [0.29, 0.717) is 18.9 Å². The van der Waals surface area contributed by atoms with Crippen molar-refractivity contribution < 1.29 is 9.21 Å². The lowest BCUT2D eigenvalue weighted by atomic mass is 10.1. The maximum absolute atomic E-state index is 11.9. The third kappa shape index (κ3) is 2.43. The summed E-state index contributed by atoms with van der Waals surface area (Å²) in [7, 11) is 1.90. The average Bonchev–Trinajstić information content (AvgIpc) is 2.99. The summed E-state index contributed by atoms with van der Waals surface area (Å²) in [6.07, 6.45) is 0.663. The number of furan rings is 1. The number of carbonyl (C=O) groups is 1. The number of carbonyl (C=O) groups excluding carboxylic acids is 1. The van der Waals surface area contributed by atoms with Crippen molar-refractivity contribution >= 4 is 16.9 Å². The molecule has 4 heteroatoms. The zero-order chi connectivity index (χ0) is 14.1. The van der Waals surface area contributed by atoms with Gasteiger partial charge in [0.15, 0.2) is 0 Å². The van der Waals surface area contributed by atoms with Gasteiger partial charge in [0.25, 0.3) is 0 Å². The molecule has 20 heavy (non-hydrogen) atoms. The number of para-hydroxylation sites is 1. The third-order valence-corrected chi connectivity index (χ3v) is 3.95. The Balaban J connectivity index is 1.80. The van der Waals surface area contributed by atoms with Gasteiger partial charge in [-0.1, -0.05) is 25.1 Å². The van der Waals surface area contributed by atoms with Crippen LogP contribution in [0.1, 0.15) is 25.1 Å². The van der Waals surface area contributed by atoms with Crippen LogP contribution >= 0.6 is 0 Å². The van der Waals surface area contributed by atoms with E-state index < -0.39 is 0 Å². The van der Waals surface area contributed by atoms with Crippen molar-refractivity contribution in [2.24, 2.45) is 5.92 Å². The third-order valence-electron chi connectivity index (χ3n) is 3.95. The molecule has 2 atom stereocenters. The molecule has 2 aromatic rings. The van der Waals surface area contributed by atoms with Gasteiger partial charge < -0.3 is 14.6 Å². The Labute approximate surface area is 118 Å². The quantitative estimate of drug-likeness (QED) is 0.930. The van der Waals surface area contributed by atoms with E-state index in [4.69, 9.17) is 4.42 Å². The number of likely N-dealkylation sites (N-methyl/N-ethyl adjacent to an activating group) is 1. The second-order valence-corrected chi connectivity index (χ2v) is 5.64. The predicted octanol–water partition coefficient (Wildman–Crippen LogP) is 2.56. The first kappa shape index (κ1) is 13.2. The van der Waals surface area contributed by atoms with Gasteiger partial charge in [0, 0.05) is 24.9 Å². The van der Waals surface area contributed by atoms with Crippen LogP contribution in [0.15, 0.2) is 34.7 Å². The lowest BCUT2D eigenvalue weighted by Gasteiger charge is -2.22. The Morgan fingerprint density at radius 1 is 1.45 bits per heavy atom. The van der Waals surface area contributed by atoms with Gasteiger partial charge in [0.2, 0.25) is 5.91 Å². The van der Waals surface area contributed by atoms with E-state index in [1.807, 2.05) is 36.2 Å². The van der Waals surface area contributed by atoms with Crippen molar-refractivity contribution in [3.63, 3.8) is 0 Å². The van der Waals surface area contributed by atoms with E-state index in [2.05, 4.69) is 18.3 Å². The second-order valence-electron chi connectivity index (χ2n) is 5.64. The van der Waals surface area contributed by atoms with Crippen LogP contribution in [0.25, 0.3) is 11.0 Å². The summed E-state index contributed by atoms with van der Waals surface area (Å²) in [5, 5.41) is 4.35. The van der Waals surface area contributed by atoms with E-state index in [9.17, 15) is 4.79 Å². The molecule has 0 aliphatic carbocycles. The van der Waals surface area contributed by atoms with E-state index in [-0.39, 0.29) is 11.9 Å². The Morgan fingerprint density at radius 3 is 2.90 bits per heavy atom. The smallest absolute Gasteiger partial charge is 0.222 e. The summed E-state index contributed by atoms with van der Waals surface area (Å²) in [4.78, 5) is 13.8. The summed E-state index contributed by atoms with van der Waals surface area (Å²) >= 11 is 0.